The summed E-state index contributed by atoms with van der Waals surface area (Å²) in [4.78, 5) is 4.35. The number of nitrogens with zero attached hydrogens (tertiary/aromatic N) is 3. The molecule has 0 fully saturated rings. The molecule has 1 aliphatic rings. The van der Waals surface area contributed by atoms with Crippen molar-refractivity contribution in [2.75, 3.05) is 6.61 Å². The highest BCUT2D eigenvalue weighted by atomic mass is 79.9. The average molecular weight is 342 g/mol. The van der Waals surface area contributed by atoms with Crippen molar-refractivity contribution in [1.29, 1.82) is 0 Å². The van der Waals surface area contributed by atoms with Crippen LogP contribution in [0.2, 0.25) is 0 Å². The molecule has 0 saturated heterocycles. The van der Waals surface area contributed by atoms with E-state index in [4.69, 9.17) is 4.74 Å². The average Bonchev–Trinajstić information content (AvgIpc) is 2.82. The van der Waals surface area contributed by atoms with Crippen LogP contribution in [0.25, 0.3) is 0 Å². The van der Waals surface area contributed by atoms with Gasteiger partial charge in [0.2, 0.25) is 4.73 Å². The summed E-state index contributed by atoms with van der Waals surface area (Å²) in [6.07, 6.45) is -0.103. The van der Waals surface area contributed by atoms with Gasteiger partial charge in [-0.1, -0.05) is 59.0 Å². The van der Waals surface area contributed by atoms with Gasteiger partial charge in [-0.3, -0.25) is 0 Å². The minimum atomic E-state index is -0.103. The molecule has 0 spiro atoms. The van der Waals surface area contributed by atoms with Crippen LogP contribution < -0.4 is 0 Å². The van der Waals surface area contributed by atoms with Crippen molar-refractivity contribution in [3.05, 3.63) is 46.5 Å². The molecule has 3 rings (SSSR count). The molecule has 1 aliphatic heterocycles. The van der Waals surface area contributed by atoms with E-state index in [-0.39, 0.29) is 21.0 Å². The molecule has 0 amide bonds. The maximum absolute atomic E-state index is 5.76. The van der Waals surface area contributed by atoms with Crippen molar-refractivity contribution < 1.29 is 4.74 Å². The van der Waals surface area contributed by atoms with Gasteiger partial charge in [0.05, 0.1) is 13.2 Å². The maximum atomic E-state index is 5.76. The second kappa shape index (κ2) is 8.87. The largest absolute Gasteiger partial charge is 0.364 e. The van der Waals surface area contributed by atoms with Gasteiger partial charge in [-0.25, -0.2) is 9.67 Å². The van der Waals surface area contributed by atoms with Crippen LogP contribution in [-0.4, -0.2) is 21.4 Å². The molecule has 1 aromatic heterocycles. The van der Waals surface area contributed by atoms with Crippen LogP contribution in [0.1, 0.15) is 46.2 Å². The third-order valence-electron chi connectivity index (χ3n) is 2.60. The van der Waals surface area contributed by atoms with E-state index < -0.39 is 0 Å². The van der Waals surface area contributed by atoms with Crippen molar-refractivity contribution in [2.24, 2.45) is 0 Å². The number of rotatable bonds is 1. The van der Waals surface area contributed by atoms with Gasteiger partial charge in [0.25, 0.3) is 0 Å². The van der Waals surface area contributed by atoms with Gasteiger partial charge >= 0.3 is 0 Å². The highest BCUT2D eigenvalue weighted by molar-refractivity contribution is 9.10. The van der Waals surface area contributed by atoms with E-state index in [2.05, 4.69) is 26.0 Å². The molecule has 2 heterocycles. The van der Waals surface area contributed by atoms with Crippen LogP contribution in [-0.2, 0) is 11.3 Å². The molecule has 4 nitrogen and oxygen atoms in total. The van der Waals surface area contributed by atoms with Crippen LogP contribution in [0.3, 0.4) is 0 Å². The number of hydrogen-bond acceptors (Lipinski definition) is 3. The van der Waals surface area contributed by atoms with Crippen LogP contribution in [0.15, 0.2) is 35.1 Å². The van der Waals surface area contributed by atoms with Gasteiger partial charge in [-0.2, -0.15) is 0 Å². The van der Waals surface area contributed by atoms with Crippen LogP contribution >= 0.6 is 15.9 Å². The van der Waals surface area contributed by atoms with Crippen LogP contribution in [0, 0.1) is 0 Å². The van der Waals surface area contributed by atoms with Crippen LogP contribution in [0.4, 0.5) is 0 Å². The fraction of sp³-hybridized carbons (Fsp3) is 0.467. The van der Waals surface area contributed by atoms with Crippen molar-refractivity contribution in [3.8, 4) is 0 Å². The maximum Gasteiger partial charge on any atom is 0.217 e. The molecule has 5 heteroatoms. The van der Waals surface area contributed by atoms with Gasteiger partial charge in [0.15, 0.2) is 5.82 Å². The first-order chi connectivity index (χ1) is 8.84. The monoisotopic (exact) mass is 341 g/mol. The lowest BCUT2D eigenvalue weighted by Crippen LogP contribution is -2.23. The predicted octanol–water partition coefficient (Wildman–Crippen LogP) is 4.46. The Balaban J connectivity index is 0.000000866. The topological polar surface area (TPSA) is 39.9 Å². The zero-order valence-electron chi connectivity index (χ0n) is 10.5. The lowest BCUT2D eigenvalue weighted by molar-refractivity contribution is 0.0390. The molecule has 2 aromatic rings. The highest BCUT2D eigenvalue weighted by Crippen LogP contribution is 2.28. The number of ether oxygens (including phenoxy) is 1. The summed E-state index contributed by atoms with van der Waals surface area (Å²) in [6.45, 7) is 5.43. The van der Waals surface area contributed by atoms with E-state index in [0.717, 1.165) is 17.9 Å². The first kappa shape index (κ1) is 18.8. The third kappa shape index (κ3) is 3.90. The van der Waals surface area contributed by atoms with Gasteiger partial charge in [0, 0.05) is 0 Å². The smallest absolute Gasteiger partial charge is 0.217 e. The first-order valence-corrected chi connectivity index (χ1v) is 6.91. The Kier molecular flexibility index (Phi) is 8.34. The Morgan fingerprint density at radius 1 is 1.20 bits per heavy atom. The lowest BCUT2D eigenvalue weighted by atomic mass is 10.1. The normalized spacial score (nSPS) is 15.8. The van der Waals surface area contributed by atoms with E-state index in [0.29, 0.717) is 11.3 Å². The van der Waals surface area contributed by atoms with E-state index >= 15 is 0 Å². The molecular weight excluding hydrogens is 318 g/mol. The molecule has 0 saturated carbocycles. The number of halogens is 1. The van der Waals surface area contributed by atoms with Gasteiger partial charge in [-0.05, 0) is 21.5 Å². The summed E-state index contributed by atoms with van der Waals surface area (Å²) >= 11 is 3.29. The summed E-state index contributed by atoms with van der Waals surface area (Å²) in [7, 11) is 0. The van der Waals surface area contributed by atoms with Crippen LogP contribution in [0.5, 0.6) is 0 Å². The summed E-state index contributed by atoms with van der Waals surface area (Å²) in [5, 5.41) is 4.27. The third-order valence-corrected chi connectivity index (χ3v) is 2.93. The molecule has 0 bridgehead atoms. The highest BCUT2D eigenvalue weighted by Gasteiger charge is 2.25. The van der Waals surface area contributed by atoms with Gasteiger partial charge in [-0.15, -0.1) is 5.10 Å². The van der Waals surface area contributed by atoms with E-state index in [9.17, 15) is 0 Å². The molecular formula is C15H24BrN3O. The van der Waals surface area contributed by atoms with E-state index in [1.54, 1.807) is 0 Å². The standard InChI is InChI=1S/C11H10BrN3O.C2H6.2CH4/c12-11-13-10-9(8-4-2-1-3-5-8)16-7-6-15(10)14-11;1-2;;/h1-5,9H,6-7H2;1-2H3;2*1H4. The van der Waals surface area contributed by atoms with Crippen molar-refractivity contribution in [1.82, 2.24) is 14.8 Å². The van der Waals surface area contributed by atoms with Crippen molar-refractivity contribution in [2.45, 2.75) is 41.3 Å². The minimum absolute atomic E-state index is 0. The number of aromatic nitrogens is 3. The number of fused-ring (bicyclic) bond motifs is 1. The molecule has 1 unspecified atom stereocenters. The molecule has 0 aliphatic carbocycles. The van der Waals surface area contributed by atoms with Crippen molar-refractivity contribution >= 4 is 15.9 Å². The Morgan fingerprint density at radius 3 is 2.50 bits per heavy atom. The Morgan fingerprint density at radius 2 is 1.85 bits per heavy atom. The zero-order valence-corrected chi connectivity index (χ0v) is 12.1. The summed E-state index contributed by atoms with van der Waals surface area (Å²) in [5.74, 6) is 0.865. The van der Waals surface area contributed by atoms with E-state index in [1.807, 2.05) is 48.9 Å². The quantitative estimate of drug-likeness (QED) is 0.768. The number of benzene rings is 1. The molecule has 1 atom stereocenters. The Bertz CT molecular complexity index is 499. The molecule has 112 valence electrons. The first-order valence-electron chi connectivity index (χ1n) is 6.11. The molecule has 0 N–H and O–H groups in total. The summed E-state index contributed by atoms with van der Waals surface area (Å²) in [5.41, 5.74) is 1.11. The molecule has 20 heavy (non-hydrogen) atoms. The second-order valence-corrected chi connectivity index (χ2v) is 4.33. The predicted molar refractivity (Wildman–Crippen MR) is 86.8 cm³/mol. The van der Waals surface area contributed by atoms with Crippen molar-refractivity contribution in [3.63, 3.8) is 0 Å². The van der Waals surface area contributed by atoms with E-state index in [1.165, 1.54) is 0 Å². The molecule has 0 radical (unpaired) electrons. The molecule has 1 aromatic carbocycles. The summed E-state index contributed by atoms with van der Waals surface area (Å²) < 4.78 is 8.27. The fourth-order valence-corrected chi connectivity index (χ4v) is 2.26. The second-order valence-electron chi connectivity index (χ2n) is 3.62. The Hall–Kier alpha value is -1.20. The zero-order chi connectivity index (χ0) is 13.0. The Labute approximate surface area is 130 Å². The summed E-state index contributed by atoms with van der Waals surface area (Å²) in [6, 6.07) is 10.1. The van der Waals surface area contributed by atoms with Gasteiger partial charge < -0.3 is 4.74 Å². The van der Waals surface area contributed by atoms with Gasteiger partial charge in [0.1, 0.15) is 6.10 Å². The minimum Gasteiger partial charge on any atom is -0.364 e. The number of hydrogen-bond donors (Lipinski definition) is 0. The SMILES string of the molecule is Brc1nc2n(n1)CCOC2c1ccccc1.C.C.CC. The lowest BCUT2D eigenvalue weighted by Gasteiger charge is -2.22. The fourth-order valence-electron chi connectivity index (χ4n) is 1.89.